The molecule has 1 heterocycles. The normalized spacial score (nSPS) is 13.9. The number of hydrogen-bond acceptors (Lipinski definition) is 4. The summed E-state index contributed by atoms with van der Waals surface area (Å²) in [6.07, 6.45) is 0.857. The first-order valence-electron chi connectivity index (χ1n) is 10.6. The number of hydrogen-bond donors (Lipinski definition) is 1. The standard InChI is InChI=1S/C26H27NO4/c1-18(2)25(19-12-13-23-24(17-19)30-15-7-14-29-23)27-26(28)20-8-6-11-22(16-20)31-21-9-4-3-5-10-21/h3-6,8-13,16-18,25H,7,14-15H2,1-2H3,(H,27,28)/t25-/m0/s1. The average Bonchev–Trinajstić information content (AvgIpc) is 3.03. The predicted molar refractivity (Wildman–Crippen MR) is 120 cm³/mol. The summed E-state index contributed by atoms with van der Waals surface area (Å²) in [5, 5.41) is 3.17. The van der Waals surface area contributed by atoms with Crippen molar-refractivity contribution in [3.63, 3.8) is 0 Å². The van der Waals surface area contributed by atoms with Crippen LogP contribution >= 0.6 is 0 Å². The highest BCUT2D eigenvalue weighted by molar-refractivity contribution is 5.94. The number of ether oxygens (including phenoxy) is 3. The number of para-hydroxylation sites is 1. The predicted octanol–water partition coefficient (Wildman–Crippen LogP) is 5.77. The van der Waals surface area contributed by atoms with Gasteiger partial charge in [-0.1, -0.05) is 44.2 Å². The van der Waals surface area contributed by atoms with E-state index in [1.165, 1.54) is 0 Å². The topological polar surface area (TPSA) is 56.8 Å². The Morgan fingerprint density at radius 2 is 1.61 bits per heavy atom. The van der Waals surface area contributed by atoms with Crippen molar-refractivity contribution in [2.75, 3.05) is 13.2 Å². The number of carbonyl (C=O) groups excluding carboxylic acids is 1. The molecule has 5 nitrogen and oxygen atoms in total. The lowest BCUT2D eigenvalue weighted by molar-refractivity contribution is 0.0925. The quantitative estimate of drug-likeness (QED) is 0.553. The van der Waals surface area contributed by atoms with Gasteiger partial charge in [-0.25, -0.2) is 0 Å². The number of rotatable bonds is 6. The van der Waals surface area contributed by atoms with E-state index in [1.807, 2.05) is 60.7 Å². The summed E-state index contributed by atoms with van der Waals surface area (Å²) in [7, 11) is 0. The zero-order chi connectivity index (χ0) is 21.6. The zero-order valence-electron chi connectivity index (χ0n) is 17.8. The molecule has 0 aliphatic carbocycles. The fourth-order valence-electron chi connectivity index (χ4n) is 3.56. The highest BCUT2D eigenvalue weighted by Crippen LogP contribution is 2.34. The van der Waals surface area contributed by atoms with E-state index in [4.69, 9.17) is 14.2 Å². The SMILES string of the molecule is CC(C)[C@H](NC(=O)c1cccc(Oc2ccccc2)c1)c1ccc2c(c1)OCCCO2. The molecule has 4 rings (SSSR count). The summed E-state index contributed by atoms with van der Waals surface area (Å²) in [6, 6.07) is 22.5. The van der Waals surface area contributed by atoms with Gasteiger partial charge in [0.05, 0.1) is 19.3 Å². The maximum absolute atomic E-state index is 13.1. The summed E-state index contributed by atoms with van der Waals surface area (Å²) in [6.45, 7) is 5.45. The molecule has 0 bridgehead atoms. The fourth-order valence-corrected chi connectivity index (χ4v) is 3.56. The molecule has 3 aromatic rings. The van der Waals surface area contributed by atoms with Gasteiger partial charge in [0.15, 0.2) is 11.5 Å². The van der Waals surface area contributed by atoms with Gasteiger partial charge in [-0.2, -0.15) is 0 Å². The number of carbonyl (C=O) groups is 1. The Balaban J connectivity index is 1.52. The van der Waals surface area contributed by atoms with E-state index < -0.39 is 0 Å². The van der Waals surface area contributed by atoms with Crippen LogP contribution in [0.5, 0.6) is 23.0 Å². The molecule has 1 atom stereocenters. The largest absolute Gasteiger partial charge is 0.490 e. The van der Waals surface area contributed by atoms with Gasteiger partial charge in [-0.15, -0.1) is 0 Å². The van der Waals surface area contributed by atoms with Gasteiger partial charge in [0.2, 0.25) is 0 Å². The molecule has 5 heteroatoms. The van der Waals surface area contributed by atoms with Crippen molar-refractivity contribution in [1.29, 1.82) is 0 Å². The summed E-state index contributed by atoms with van der Waals surface area (Å²) in [5.74, 6) is 2.87. The Kier molecular flexibility index (Phi) is 6.41. The molecule has 1 amide bonds. The summed E-state index contributed by atoms with van der Waals surface area (Å²) in [4.78, 5) is 13.1. The van der Waals surface area contributed by atoms with Crippen LogP contribution in [0.1, 0.15) is 42.2 Å². The van der Waals surface area contributed by atoms with E-state index in [-0.39, 0.29) is 17.9 Å². The molecule has 1 aliphatic rings. The van der Waals surface area contributed by atoms with Gasteiger partial charge in [0.25, 0.3) is 5.91 Å². The second-order valence-electron chi connectivity index (χ2n) is 7.89. The van der Waals surface area contributed by atoms with Gasteiger partial charge in [-0.3, -0.25) is 4.79 Å². The molecule has 0 spiro atoms. The molecule has 0 saturated heterocycles. The van der Waals surface area contributed by atoms with Gasteiger partial charge < -0.3 is 19.5 Å². The van der Waals surface area contributed by atoms with Crippen molar-refractivity contribution in [3.05, 3.63) is 83.9 Å². The van der Waals surface area contributed by atoms with Crippen LogP contribution in [-0.4, -0.2) is 19.1 Å². The minimum Gasteiger partial charge on any atom is -0.490 e. The highest BCUT2D eigenvalue weighted by Gasteiger charge is 2.22. The van der Waals surface area contributed by atoms with Crippen LogP contribution in [-0.2, 0) is 0 Å². The lowest BCUT2D eigenvalue weighted by Crippen LogP contribution is -2.31. The zero-order valence-corrected chi connectivity index (χ0v) is 17.8. The second-order valence-corrected chi connectivity index (χ2v) is 7.89. The van der Waals surface area contributed by atoms with E-state index >= 15 is 0 Å². The Bertz CT molecular complexity index is 1030. The number of amides is 1. The monoisotopic (exact) mass is 417 g/mol. The molecular formula is C26H27NO4. The molecule has 3 aromatic carbocycles. The second kappa shape index (κ2) is 9.56. The van der Waals surface area contributed by atoms with Crippen LogP contribution in [0.25, 0.3) is 0 Å². The van der Waals surface area contributed by atoms with Crippen molar-refractivity contribution in [1.82, 2.24) is 5.32 Å². The minimum atomic E-state index is -0.164. The molecule has 1 aliphatic heterocycles. The van der Waals surface area contributed by atoms with Gasteiger partial charge in [-0.05, 0) is 53.9 Å². The van der Waals surface area contributed by atoms with Gasteiger partial charge in [0.1, 0.15) is 11.5 Å². The van der Waals surface area contributed by atoms with E-state index in [9.17, 15) is 4.79 Å². The van der Waals surface area contributed by atoms with E-state index in [0.29, 0.717) is 24.5 Å². The van der Waals surface area contributed by atoms with E-state index in [0.717, 1.165) is 29.2 Å². The lowest BCUT2D eigenvalue weighted by atomic mass is 9.95. The summed E-state index contributed by atoms with van der Waals surface area (Å²) < 4.78 is 17.4. The first-order valence-corrected chi connectivity index (χ1v) is 10.6. The maximum Gasteiger partial charge on any atom is 0.251 e. The highest BCUT2D eigenvalue weighted by atomic mass is 16.5. The Hall–Kier alpha value is -3.47. The van der Waals surface area contributed by atoms with Crippen molar-refractivity contribution in [2.45, 2.75) is 26.3 Å². The minimum absolute atomic E-state index is 0.149. The smallest absolute Gasteiger partial charge is 0.251 e. The van der Waals surface area contributed by atoms with E-state index in [1.54, 1.807) is 12.1 Å². The lowest BCUT2D eigenvalue weighted by Gasteiger charge is -2.24. The first kappa shape index (κ1) is 20.8. The van der Waals surface area contributed by atoms with E-state index in [2.05, 4.69) is 19.2 Å². The van der Waals surface area contributed by atoms with Crippen molar-refractivity contribution in [2.24, 2.45) is 5.92 Å². The van der Waals surface area contributed by atoms with Crippen molar-refractivity contribution < 1.29 is 19.0 Å². The van der Waals surface area contributed by atoms with Crippen LogP contribution in [0.3, 0.4) is 0 Å². The molecule has 0 aromatic heterocycles. The van der Waals surface area contributed by atoms with Crippen LogP contribution in [0.15, 0.2) is 72.8 Å². The maximum atomic E-state index is 13.1. The molecule has 0 saturated carbocycles. The van der Waals surface area contributed by atoms with Crippen LogP contribution < -0.4 is 19.5 Å². The Morgan fingerprint density at radius 3 is 2.39 bits per heavy atom. The first-order chi connectivity index (χ1) is 15.1. The third-order valence-corrected chi connectivity index (χ3v) is 5.16. The third-order valence-electron chi connectivity index (χ3n) is 5.16. The number of benzene rings is 3. The van der Waals surface area contributed by atoms with Crippen LogP contribution in [0.4, 0.5) is 0 Å². The molecule has 0 unspecified atom stereocenters. The van der Waals surface area contributed by atoms with Gasteiger partial charge >= 0.3 is 0 Å². The Morgan fingerprint density at radius 1 is 0.871 bits per heavy atom. The van der Waals surface area contributed by atoms with Crippen LogP contribution in [0, 0.1) is 5.92 Å². The molecule has 1 N–H and O–H groups in total. The molecule has 0 radical (unpaired) electrons. The van der Waals surface area contributed by atoms with Crippen molar-refractivity contribution >= 4 is 5.91 Å². The number of nitrogens with one attached hydrogen (secondary N) is 1. The van der Waals surface area contributed by atoms with Crippen molar-refractivity contribution in [3.8, 4) is 23.0 Å². The summed E-state index contributed by atoms with van der Waals surface area (Å²) in [5.41, 5.74) is 1.54. The molecule has 160 valence electrons. The number of fused-ring (bicyclic) bond motifs is 1. The van der Waals surface area contributed by atoms with Gasteiger partial charge in [0, 0.05) is 12.0 Å². The summed E-state index contributed by atoms with van der Waals surface area (Å²) >= 11 is 0. The third kappa shape index (κ3) is 5.18. The molecule has 31 heavy (non-hydrogen) atoms. The molecular weight excluding hydrogens is 390 g/mol. The fraction of sp³-hybridized carbons (Fsp3) is 0.269. The average molecular weight is 418 g/mol. The van der Waals surface area contributed by atoms with Crippen LogP contribution in [0.2, 0.25) is 0 Å². The molecule has 0 fully saturated rings. The Labute approximate surface area is 183 Å².